The van der Waals surface area contributed by atoms with E-state index >= 15 is 0 Å². The first kappa shape index (κ1) is 19.0. The summed E-state index contributed by atoms with van der Waals surface area (Å²) in [6.07, 6.45) is 3.51. The Labute approximate surface area is 148 Å². The van der Waals surface area contributed by atoms with Gasteiger partial charge in [0.05, 0.1) is 18.4 Å². The van der Waals surface area contributed by atoms with Crippen molar-refractivity contribution in [1.29, 1.82) is 0 Å². The van der Waals surface area contributed by atoms with Crippen LogP contribution in [0.25, 0.3) is 0 Å². The van der Waals surface area contributed by atoms with E-state index in [1.807, 2.05) is 12.1 Å². The van der Waals surface area contributed by atoms with Gasteiger partial charge in [-0.15, -0.1) is 24.0 Å². The fourth-order valence-corrected chi connectivity index (χ4v) is 3.64. The van der Waals surface area contributed by atoms with Crippen LogP contribution in [0.15, 0.2) is 29.3 Å². The molecule has 22 heavy (non-hydrogen) atoms. The van der Waals surface area contributed by atoms with Gasteiger partial charge in [-0.25, -0.2) is 8.42 Å². The van der Waals surface area contributed by atoms with Crippen molar-refractivity contribution >= 4 is 45.5 Å². The van der Waals surface area contributed by atoms with Gasteiger partial charge in [-0.1, -0.05) is 6.42 Å². The molecule has 6 nitrogen and oxygen atoms in total. The Morgan fingerprint density at radius 3 is 2.36 bits per heavy atom. The van der Waals surface area contributed by atoms with Gasteiger partial charge in [0, 0.05) is 11.9 Å². The molecule has 0 aliphatic heterocycles. The molecule has 0 amide bonds. The summed E-state index contributed by atoms with van der Waals surface area (Å²) >= 11 is 0. The fraction of sp³-hybridized carbons (Fsp3) is 0.500. The third-order valence-electron chi connectivity index (χ3n) is 3.95. The number of sulfone groups is 1. The van der Waals surface area contributed by atoms with Crippen LogP contribution >= 0.6 is 24.0 Å². The molecule has 0 radical (unpaired) electrons. The summed E-state index contributed by atoms with van der Waals surface area (Å²) in [5.74, 6) is 0.969. The molecule has 0 atom stereocenters. The molecule has 2 rings (SSSR count). The lowest BCUT2D eigenvalue weighted by Crippen LogP contribution is -2.48. The minimum atomic E-state index is -3.11. The van der Waals surface area contributed by atoms with E-state index in [2.05, 4.69) is 10.3 Å². The van der Waals surface area contributed by atoms with E-state index in [1.165, 1.54) is 6.26 Å². The number of aliphatic imine (C=N–C) groups is 1. The monoisotopic (exact) mass is 439 g/mol. The SMILES string of the molecule is COc1ccc(NC(N)=NCC2(S(C)(=O)=O)CCC2)cc1.I. The lowest BCUT2D eigenvalue weighted by molar-refractivity contribution is 0.347. The molecule has 1 aromatic rings. The summed E-state index contributed by atoms with van der Waals surface area (Å²) in [4.78, 5) is 4.20. The Morgan fingerprint density at radius 1 is 1.36 bits per heavy atom. The fourth-order valence-electron chi connectivity index (χ4n) is 2.31. The van der Waals surface area contributed by atoms with Gasteiger partial charge in [0.15, 0.2) is 15.8 Å². The molecule has 0 spiro atoms. The van der Waals surface area contributed by atoms with E-state index in [1.54, 1.807) is 19.2 Å². The summed E-state index contributed by atoms with van der Waals surface area (Å²) in [6, 6.07) is 7.24. The predicted octanol–water partition coefficient (Wildman–Crippen LogP) is 2.01. The maximum absolute atomic E-state index is 11.8. The highest BCUT2D eigenvalue weighted by atomic mass is 127. The van der Waals surface area contributed by atoms with E-state index < -0.39 is 14.6 Å². The van der Waals surface area contributed by atoms with Crippen molar-refractivity contribution in [2.75, 3.05) is 25.2 Å². The van der Waals surface area contributed by atoms with Crippen LogP contribution < -0.4 is 15.8 Å². The van der Waals surface area contributed by atoms with Crippen LogP contribution in [0.2, 0.25) is 0 Å². The van der Waals surface area contributed by atoms with E-state index in [0.29, 0.717) is 12.8 Å². The number of ether oxygens (including phenoxy) is 1. The number of hydrogen-bond donors (Lipinski definition) is 2. The third kappa shape index (κ3) is 4.25. The smallest absolute Gasteiger partial charge is 0.193 e. The van der Waals surface area contributed by atoms with Crippen molar-refractivity contribution in [1.82, 2.24) is 0 Å². The molecule has 0 heterocycles. The predicted molar refractivity (Wildman–Crippen MR) is 99.9 cm³/mol. The normalized spacial score (nSPS) is 17.1. The van der Waals surface area contributed by atoms with Gasteiger partial charge in [-0.2, -0.15) is 0 Å². The van der Waals surface area contributed by atoms with Crippen LogP contribution in [0, 0.1) is 0 Å². The quantitative estimate of drug-likeness (QED) is 0.416. The van der Waals surface area contributed by atoms with Gasteiger partial charge < -0.3 is 15.8 Å². The summed E-state index contributed by atoms with van der Waals surface area (Å²) in [6.45, 7) is 0.209. The van der Waals surface area contributed by atoms with Crippen molar-refractivity contribution in [2.24, 2.45) is 10.7 Å². The number of hydrogen-bond acceptors (Lipinski definition) is 4. The number of anilines is 1. The summed E-state index contributed by atoms with van der Waals surface area (Å²) in [5, 5.41) is 2.94. The van der Waals surface area contributed by atoms with Crippen LogP contribution in [0.4, 0.5) is 5.69 Å². The lowest BCUT2D eigenvalue weighted by atomic mass is 9.84. The largest absolute Gasteiger partial charge is 0.497 e. The Hall–Kier alpha value is -1.03. The van der Waals surface area contributed by atoms with Crippen molar-refractivity contribution in [3.05, 3.63) is 24.3 Å². The van der Waals surface area contributed by atoms with Crippen LogP contribution in [0.3, 0.4) is 0 Å². The number of guanidine groups is 1. The molecular weight excluding hydrogens is 417 g/mol. The second-order valence-corrected chi connectivity index (χ2v) is 7.77. The Balaban J connectivity index is 0.00000242. The van der Waals surface area contributed by atoms with Crippen LogP contribution in [-0.2, 0) is 9.84 Å². The minimum Gasteiger partial charge on any atom is -0.497 e. The molecule has 0 saturated heterocycles. The highest BCUT2D eigenvalue weighted by Gasteiger charge is 2.46. The molecule has 8 heteroatoms. The minimum absolute atomic E-state index is 0. The molecule has 1 aromatic carbocycles. The van der Waals surface area contributed by atoms with Crippen molar-refractivity contribution in [2.45, 2.75) is 24.0 Å². The average Bonchev–Trinajstić information content (AvgIpc) is 2.36. The molecule has 0 aromatic heterocycles. The van der Waals surface area contributed by atoms with E-state index in [0.717, 1.165) is 17.9 Å². The highest BCUT2D eigenvalue weighted by Crippen LogP contribution is 2.39. The molecule has 0 bridgehead atoms. The van der Waals surface area contributed by atoms with Gasteiger partial charge in [-0.05, 0) is 37.1 Å². The molecule has 1 saturated carbocycles. The van der Waals surface area contributed by atoms with Crippen LogP contribution in [0.1, 0.15) is 19.3 Å². The van der Waals surface area contributed by atoms with E-state index in [4.69, 9.17) is 10.5 Å². The van der Waals surface area contributed by atoms with E-state index in [-0.39, 0.29) is 36.5 Å². The second kappa shape index (κ2) is 7.49. The number of nitrogens with zero attached hydrogens (tertiary/aromatic N) is 1. The van der Waals surface area contributed by atoms with Gasteiger partial charge >= 0.3 is 0 Å². The zero-order chi connectivity index (χ0) is 15.5. The number of methoxy groups -OCH3 is 1. The third-order valence-corrected chi connectivity index (χ3v) is 6.06. The van der Waals surface area contributed by atoms with Crippen LogP contribution in [0.5, 0.6) is 5.75 Å². The van der Waals surface area contributed by atoms with Crippen molar-refractivity contribution in [3.63, 3.8) is 0 Å². The topological polar surface area (TPSA) is 93.8 Å². The molecule has 1 aliphatic carbocycles. The second-order valence-electron chi connectivity index (χ2n) is 5.36. The molecule has 1 fully saturated rings. The van der Waals surface area contributed by atoms with Gasteiger partial charge in [-0.3, -0.25) is 4.99 Å². The zero-order valence-electron chi connectivity index (χ0n) is 12.7. The number of nitrogens with one attached hydrogen (secondary N) is 1. The Bertz CT molecular complexity index is 625. The Kier molecular flexibility index (Phi) is 6.48. The maximum Gasteiger partial charge on any atom is 0.193 e. The van der Waals surface area contributed by atoms with Gasteiger partial charge in [0.2, 0.25) is 0 Å². The van der Waals surface area contributed by atoms with Crippen molar-refractivity contribution < 1.29 is 13.2 Å². The van der Waals surface area contributed by atoms with E-state index in [9.17, 15) is 8.42 Å². The van der Waals surface area contributed by atoms with Crippen LogP contribution in [-0.4, -0.2) is 39.0 Å². The zero-order valence-corrected chi connectivity index (χ0v) is 15.9. The number of benzene rings is 1. The lowest BCUT2D eigenvalue weighted by Gasteiger charge is -2.38. The standard InChI is InChI=1S/C14H21N3O3S.HI/c1-20-12-6-4-11(5-7-12)17-13(15)16-10-14(8-3-9-14)21(2,18)19;/h4-7H,3,8-10H2,1-2H3,(H3,15,16,17);1H. The number of rotatable bonds is 5. The highest BCUT2D eigenvalue weighted by molar-refractivity contribution is 14.0. The summed E-state index contributed by atoms with van der Waals surface area (Å²) in [7, 11) is -1.51. The Morgan fingerprint density at radius 2 is 1.95 bits per heavy atom. The molecule has 0 unspecified atom stereocenters. The number of nitrogens with two attached hydrogens (primary N) is 1. The first-order valence-corrected chi connectivity index (χ1v) is 8.66. The number of halogens is 1. The molecule has 3 N–H and O–H groups in total. The first-order chi connectivity index (χ1) is 9.86. The molecule has 124 valence electrons. The van der Waals surface area contributed by atoms with Crippen molar-refractivity contribution in [3.8, 4) is 5.75 Å². The van der Waals surface area contributed by atoms with Gasteiger partial charge in [0.1, 0.15) is 5.75 Å². The average molecular weight is 439 g/mol. The first-order valence-electron chi connectivity index (χ1n) is 6.77. The van der Waals surface area contributed by atoms with Gasteiger partial charge in [0.25, 0.3) is 0 Å². The summed E-state index contributed by atoms with van der Waals surface area (Å²) in [5.41, 5.74) is 6.60. The maximum atomic E-state index is 11.8. The summed E-state index contributed by atoms with van der Waals surface area (Å²) < 4.78 is 28.0. The molecule has 1 aliphatic rings. The molecular formula is C14H22IN3O3S.